The first kappa shape index (κ1) is 75.5. The van der Waals surface area contributed by atoms with Gasteiger partial charge in [0.1, 0.15) is 13.2 Å². The van der Waals surface area contributed by atoms with Crippen molar-refractivity contribution in [2.45, 2.75) is 303 Å². The lowest BCUT2D eigenvalue weighted by molar-refractivity contribution is -0.167. The number of carbonyl (C=O) groups excluding carboxylic acids is 3. The molecule has 80 heavy (non-hydrogen) atoms. The molecule has 0 N–H and O–H groups in total. The van der Waals surface area contributed by atoms with Crippen LogP contribution in [0.2, 0.25) is 0 Å². The highest BCUT2D eigenvalue weighted by atomic mass is 16.6. The molecule has 0 aliphatic rings. The van der Waals surface area contributed by atoms with E-state index in [1.54, 1.807) is 0 Å². The van der Waals surface area contributed by atoms with Crippen LogP contribution in [-0.4, -0.2) is 37.2 Å². The summed E-state index contributed by atoms with van der Waals surface area (Å²) in [6.45, 7) is 6.37. The maximum absolute atomic E-state index is 12.9. The van der Waals surface area contributed by atoms with Gasteiger partial charge in [-0.05, 0) is 135 Å². The Hall–Kier alpha value is -4.45. The Labute approximate surface area is 494 Å². The standard InChI is InChI=1S/C74H122O6/c1-4-7-10-13-16-19-22-25-27-29-30-31-32-33-34-35-36-37-38-39-40-41-42-43-44-45-47-49-52-55-58-61-64-67-73(76)79-70-71(69-78-72(75)66-63-60-57-54-51-48-24-21-18-15-12-9-6-3)80-74(77)68-65-62-59-56-53-50-46-28-26-23-20-17-14-11-8-5-2/h7,9-10,12,16,18-21,23,25,27-28,30-31,33-34,36-37,46,48,51,71H,4-6,8,11,13-15,17,22,24,26,29,32,35,38-45,47,49-50,52-70H2,1-3H3/b10-7-,12-9-,19-16-,21-18-,23-20-,27-25-,31-30-,34-33-,37-36-,46-28-,51-48-. The average Bonchev–Trinajstić information content (AvgIpc) is 3.46. The Balaban J connectivity index is 4.23. The van der Waals surface area contributed by atoms with Gasteiger partial charge in [-0.1, -0.05) is 276 Å². The molecule has 1 atom stereocenters. The molecule has 0 saturated carbocycles. The van der Waals surface area contributed by atoms with E-state index in [0.29, 0.717) is 19.3 Å². The number of rotatable bonds is 59. The van der Waals surface area contributed by atoms with Crippen molar-refractivity contribution in [1.82, 2.24) is 0 Å². The van der Waals surface area contributed by atoms with Crippen LogP contribution in [0.1, 0.15) is 297 Å². The zero-order chi connectivity index (χ0) is 57.8. The SMILES string of the molecule is CC/C=C\C/C=C\C/C=C\C/C=C\C/C=C\C/C=C\CCCCCCCCCCCCCCCCC(=O)OCC(COC(=O)CCCCC/C=C\C/C=C\C/C=C\CC)OC(=O)CCCCCCC/C=C\C/C=C\CCCCCC. The molecule has 0 aromatic heterocycles. The van der Waals surface area contributed by atoms with Crippen molar-refractivity contribution in [3.05, 3.63) is 134 Å². The molecule has 0 aromatic rings. The van der Waals surface area contributed by atoms with Gasteiger partial charge in [-0.15, -0.1) is 0 Å². The molecule has 0 rings (SSSR count). The van der Waals surface area contributed by atoms with Gasteiger partial charge >= 0.3 is 17.9 Å². The maximum atomic E-state index is 12.9. The van der Waals surface area contributed by atoms with E-state index in [4.69, 9.17) is 14.2 Å². The molecular formula is C74H122O6. The summed E-state index contributed by atoms with van der Waals surface area (Å²) in [5, 5.41) is 0. The van der Waals surface area contributed by atoms with Crippen LogP contribution < -0.4 is 0 Å². The van der Waals surface area contributed by atoms with Crippen LogP contribution in [-0.2, 0) is 28.6 Å². The molecule has 0 radical (unpaired) electrons. The Morgan fingerprint density at radius 3 is 0.775 bits per heavy atom. The van der Waals surface area contributed by atoms with Crippen molar-refractivity contribution in [3.8, 4) is 0 Å². The third-order valence-corrected chi connectivity index (χ3v) is 13.9. The lowest BCUT2D eigenvalue weighted by Crippen LogP contribution is -2.30. The predicted molar refractivity (Wildman–Crippen MR) is 348 cm³/mol. The van der Waals surface area contributed by atoms with Crippen molar-refractivity contribution >= 4 is 17.9 Å². The predicted octanol–water partition coefficient (Wildman–Crippen LogP) is 22.9. The minimum Gasteiger partial charge on any atom is -0.462 e. The summed E-state index contributed by atoms with van der Waals surface area (Å²) in [5.74, 6) is -0.936. The summed E-state index contributed by atoms with van der Waals surface area (Å²) in [4.78, 5) is 38.3. The van der Waals surface area contributed by atoms with Gasteiger partial charge in [0.15, 0.2) is 6.10 Å². The number of unbranched alkanes of at least 4 members (excludes halogenated alkanes) is 26. The summed E-state index contributed by atoms with van der Waals surface area (Å²) >= 11 is 0. The van der Waals surface area contributed by atoms with Gasteiger partial charge in [0.05, 0.1) is 0 Å². The zero-order valence-corrected chi connectivity index (χ0v) is 52.0. The molecular weight excluding hydrogens is 985 g/mol. The van der Waals surface area contributed by atoms with Crippen LogP contribution in [0.25, 0.3) is 0 Å². The molecule has 0 aromatic carbocycles. The van der Waals surface area contributed by atoms with Crippen LogP contribution in [0.3, 0.4) is 0 Å². The van der Waals surface area contributed by atoms with Gasteiger partial charge in [-0.2, -0.15) is 0 Å². The monoisotopic (exact) mass is 1110 g/mol. The molecule has 1 unspecified atom stereocenters. The molecule has 6 heteroatoms. The number of ether oxygens (including phenoxy) is 3. The van der Waals surface area contributed by atoms with E-state index in [0.717, 1.165) is 148 Å². The minimum atomic E-state index is -0.801. The third-order valence-electron chi connectivity index (χ3n) is 13.9. The lowest BCUT2D eigenvalue weighted by atomic mass is 10.0. The van der Waals surface area contributed by atoms with E-state index < -0.39 is 6.10 Å². The zero-order valence-electron chi connectivity index (χ0n) is 52.0. The number of esters is 3. The average molecular weight is 1110 g/mol. The molecule has 0 fully saturated rings. The largest absolute Gasteiger partial charge is 0.462 e. The quantitative estimate of drug-likeness (QED) is 0.0261. The number of allylic oxidation sites excluding steroid dienone is 22. The van der Waals surface area contributed by atoms with E-state index >= 15 is 0 Å². The van der Waals surface area contributed by atoms with Crippen LogP contribution >= 0.6 is 0 Å². The van der Waals surface area contributed by atoms with Crippen LogP contribution in [0.4, 0.5) is 0 Å². The van der Waals surface area contributed by atoms with E-state index in [9.17, 15) is 14.4 Å². The topological polar surface area (TPSA) is 78.9 Å². The fourth-order valence-corrected chi connectivity index (χ4v) is 8.96. The van der Waals surface area contributed by atoms with E-state index in [1.165, 1.54) is 109 Å². The fraction of sp³-hybridized carbons (Fsp3) is 0.662. The van der Waals surface area contributed by atoms with E-state index in [-0.39, 0.29) is 31.1 Å². The smallest absolute Gasteiger partial charge is 0.306 e. The van der Waals surface area contributed by atoms with Crippen molar-refractivity contribution in [2.75, 3.05) is 13.2 Å². The molecule has 0 spiro atoms. The van der Waals surface area contributed by atoms with Gasteiger partial charge in [-0.25, -0.2) is 0 Å². The van der Waals surface area contributed by atoms with E-state index in [2.05, 4.69) is 154 Å². The van der Waals surface area contributed by atoms with Gasteiger partial charge in [0.2, 0.25) is 0 Å². The minimum absolute atomic E-state index is 0.0951. The maximum Gasteiger partial charge on any atom is 0.306 e. The first-order valence-corrected chi connectivity index (χ1v) is 33.2. The number of hydrogen-bond donors (Lipinski definition) is 0. The second-order valence-electron chi connectivity index (χ2n) is 21.6. The van der Waals surface area contributed by atoms with Gasteiger partial charge in [-0.3, -0.25) is 14.4 Å². The first-order valence-electron chi connectivity index (χ1n) is 33.2. The van der Waals surface area contributed by atoms with Crippen LogP contribution in [0.15, 0.2) is 134 Å². The highest BCUT2D eigenvalue weighted by Crippen LogP contribution is 2.16. The third kappa shape index (κ3) is 64.4. The number of hydrogen-bond acceptors (Lipinski definition) is 6. The molecule has 0 aliphatic heterocycles. The summed E-state index contributed by atoms with van der Waals surface area (Å²) in [5.41, 5.74) is 0. The van der Waals surface area contributed by atoms with Crippen molar-refractivity contribution in [1.29, 1.82) is 0 Å². The lowest BCUT2D eigenvalue weighted by Gasteiger charge is -2.18. The Kier molecular flexibility index (Phi) is 63.3. The van der Waals surface area contributed by atoms with E-state index in [1.807, 2.05) is 0 Å². The van der Waals surface area contributed by atoms with Crippen molar-refractivity contribution in [2.24, 2.45) is 0 Å². The second-order valence-corrected chi connectivity index (χ2v) is 21.6. The van der Waals surface area contributed by atoms with Gasteiger partial charge in [0, 0.05) is 19.3 Å². The fourth-order valence-electron chi connectivity index (χ4n) is 8.96. The molecule has 0 saturated heterocycles. The van der Waals surface area contributed by atoms with Crippen molar-refractivity contribution in [3.63, 3.8) is 0 Å². The first-order chi connectivity index (χ1) is 39.5. The number of carbonyl (C=O) groups is 3. The van der Waals surface area contributed by atoms with Crippen LogP contribution in [0, 0.1) is 0 Å². The highest BCUT2D eigenvalue weighted by Gasteiger charge is 2.19. The summed E-state index contributed by atoms with van der Waals surface area (Å²) in [7, 11) is 0. The summed E-state index contributed by atoms with van der Waals surface area (Å²) < 4.78 is 16.9. The summed E-state index contributed by atoms with van der Waals surface area (Å²) in [6.07, 6.45) is 94.7. The molecule has 0 aliphatic carbocycles. The van der Waals surface area contributed by atoms with Gasteiger partial charge < -0.3 is 14.2 Å². The summed E-state index contributed by atoms with van der Waals surface area (Å²) in [6, 6.07) is 0. The highest BCUT2D eigenvalue weighted by molar-refractivity contribution is 5.71. The Morgan fingerprint density at radius 2 is 0.487 bits per heavy atom. The van der Waals surface area contributed by atoms with Crippen molar-refractivity contribution < 1.29 is 28.6 Å². The van der Waals surface area contributed by atoms with Crippen LogP contribution in [0.5, 0.6) is 0 Å². The molecule has 0 bridgehead atoms. The molecule has 0 heterocycles. The van der Waals surface area contributed by atoms with Gasteiger partial charge in [0.25, 0.3) is 0 Å². The molecule has 0 amide bonds. The Morgan fingerprint density at radius 1 is 0.263 bits per heavy atom. The second kappa shape index (κ2) is 67.1. The molecule has 454 valence electrons. The normalized spacial score (nSPS) is 13.0. The molecule has 6 nitrogen and oxygen atoms in total. The Bertz CT molecular complexity index is 1700.